The maximum atomic E-state index is 9.10. The minimum atomic E-state index is -1.82. The summed E-state index contributed by atoms with van der Waals surface area (Å²) in [4.78, 5) is 18.2. The highest BCUT2D eigenvalue weighted by molar-refractivity contribution is 6.27. The van der Waals surface area contributed by atoms with E-state index in [2.05, 4.69) is 5.32 Å². The van der Waals surface area contributed by atoms with Gasteiger partial charge in [-0.1, -0.05) is 6.07 Å². The molecule has 0 amide bonds. The van der Waals surface area contributed by atoms with Crippen molar-refractivity contribution in [2.45, 2.75) is 20.0 Å². The molecule has 2 rings (SSSR count). The van der Waals surface area contributed by atoms with Crippen LogP contribution in [0.3, 0.4) is 0 Å². The van der Waals surface area contributed by atoms with Gasteiger partial charge in [-0.25, -0.2) is 9.59 Å². The fourth-order valence-corrected chi connectivity index (χ4v) is 2.42. The minimum absolute atomic E-state index is 0.608. The molecular weight excluding hydrogens is 394 g/mol. The first kappa shape index (κ1) is 24.6. The lowest BCUT2D eigenvalue weighted by molar-refractivity contribution is -0.159. The quantitative estimate of drug-likeness (QED) is 0.524. The predicted octanol–water partition coefficient (Wildman–Crippen LogP) is 2.56. The van der Waals surface area contributed by atoms with Gasteiger partial charge in [-0.2, -0.15) is 0 Å². The molecule has 0 atom stereocenters. The van der Waals surface area contributed by atoms with Gasteiger partial charge in [0.1, 0.15) is 11.5 Å². The van der Waals surface area contributed by atoms with E-state index in [1.807, 2.05) is 43.3 Å². The van der Waals surface area contributed by atoms with Crippen molar-refractivity contribution < 1.29 is 38.7 Å². The van der Waals surface area contributed by atoms with Gasteiger partial charge >= 0.3 is 11.9 Å². The number of rotatable bonds is 9. The molecule has 164 valence electrons. The van der Waals surface area contributed by atoms with E-state index >= 15 is 0 Å². The maximum Gasteiger partial charge on any atom is 0.414 e. The molecule has 0 spiro atoms. The highest BCUT2D eigenvalue weighted by atomic mass is 16.5. The molecule has 0 aliphatic heterocycles. The summed E-state index contributed by atoms with van der Waals surface area (Å²) >= 11 is 0. The van der Waals surface area contributed by atoms with Crippen molar-refractivity contribution in [3.63, 3.8) is 0 Å². The molecule has 2 aromatic rings. The Bertz CT molecular complexity index is 804. The molecule has 9 heteroatoms. The van der Waals surface area contributed by atoms with Gasteiger partial charge in [-0.05, 0) is 42.3 Å². The zero-order valence-electron chi connectivity index (χ0n) is 17.4. The van der Waals surface area contributed by atoms with E-state index in [0.29, 0.717) is 13.2 Å². The Morgan fingerprint density at radius 2 is 1.37 bits per heavy atom. The topological polar surface area (TPSA) is 124 Å². The van der Waals surface area contributed by atoms with E-state index in [4.69, 9.17) is 38.7 Å². The van der Waals surface area contributed by atoms with Crippen molar-refractivity contribution in [1.29, 1.82) is 0 Å². The predicted molar refractivity (Wildman–Crippen MR) is 110 cm³/mol. The molecule has 0 fully saturated rings. The van der Waals surface area contributed by atoms with Crippen LogP contribution < -0.4 is 24.3 Å². The molecule has 3 N–H and O–H groups in total. The van der Waals surface area contributed by atoms with Gasteiger partial charge in [0.2, 0.25) is 0 Å². The summed E-state index contributed by atoms with van der Waals surface area (Å²) in [5, 5.41) is 18.2. The number of carboxylic acid groups (broad SMARTS) is 2. The van der Waals surface area contributed by atoms with E-state index in [0.717, 1.165) is 40.7 Å². The van der Waals surface area contributed by atoms with E-state index in [1.54, 1.807) is 21.3 Å². The number of nitrogens with one attached hydrogen (secondary N) is 1. The van der Waals surface area contributed by atoms with Gasteiger partial charge in [-0.15, -0.1) is 0 Å². The summed E-state index contributed by atoms with van der Waals surface area (Å²) in [5.41, 5.74) is 2.24. The highest BCUT2D eigenvalue weighted by Gasteiger charge is 2.06. The second kappa shape index (κ2) is 12.9. The van der Waals surface area contributed by atoms with Gasteiger partial charge in [0.25, 0.3) is 0 Å². The van der Waals surface area contributed by atoms with Crippen molar-refractivity contribution in [3.8, 4) is 23.0 Å². The molecule has 0 bridgehead atoms. The van der Waals surface area contributed by atoms with Crippen LogP contribution in [-0.4, -0.2) is 50.1 Å². The van der Waals surface area contributed by atoms with Crippen LogP contribution in [-0.2, 0) is 22.7 Å². The number of ether oxygens (including phenoxy) is 4. The van der Waals surface area contributed by atoms with Gasteiger partial charge < -0.3 is 34.5 Å². The number of benzene rings is 2. The number of aliphatic carboxylic acids is 2. The Morgan fingerprint density at radius 1 is 0.800 bits per heavy atom. The van der Waals surface area contributed by atoms with Crippen LogP contribution in [0.5, 0.6) is 23.0 Å². The summed E-state index contributed by atoms with van der Waals surface area (Å²) in [5.74, 6) is -0.561. The zero-order chi connectivity index (χ0) is 22.5. The first-order valence-electron chi connectivity index (χ1n) is 9.03. The van der Waals surface area contributed by atoms with Crippen molar-refractivity contribution in [1.82, 2.24) is 5.32 Å². The number of carbonyl (C=O) groups is 2. The monoisotopic (exact) mass is 421 g/mol. The first-order chi connectivity index (χ1) is 14.3. The molecule has 0 saturated carbocycles. The highest BCUT2D eigenvalue weighted by Crippen LogP contribution is 2.28. The van der Waals surface area contributed by atoms with Crippen LogP contribution in [0, 0.1) is 0 Å². The third-order valence-corrected chi connectivity index (χ3v) is 3.78. The summed E-state index contributed by atoms with van der Waals surface area (Å²) in [6.07, 6.45) is 0. The third kappa shape index (κ3) is 8.27. The normalized spacial score (nSPS) is 9.73. The van der Waals surface area contributed by atoms with Crippen LogP contribution in [0.25, 0.3) is 0 Å². The summed E-state index contributed by atoms with van der Waals surface area (Å²) in [6.45, 7) is 4.00. The minimum Gasteiger partial charge on any atom is -0.497 e. The number of methoxy groups -OCH3 is 3. The fourth-order valence-electron chi connectivity index (χ4n) is 2.42. The van der Waals surface area contributed by atoms with Crippen molar-refractivity contribution in [2.24, 2.45) is 0 Å². The second-order valence-electron chi connectivity index (χ2n) is 5.85. The molecule has 0 aromatic heterocycles. The standard InChI is InChI=1S/C19H25NO4.C2H2O4/c1-5-24-19-10-14(6-7-18(19)23-4)12-20-13-15-8-16(21-2)11-17(9-15)22-3;3-1(4)2(5)6/h6-11,20H,5,12-13H2,1-4H3;(H,3,4)(H,5,6). The molecule has 2 aromatic carbocycles. The maximum absolute atomic E-state index is 9.10. The molecule has 9 nitrogen and oxygen atoms in total. The lowest BCUT2D eigenvalue weighted by Gasteiger charge is -2.12. The van der Waals surface area contributed by atoms with Crippen molar-refractivity contribution >= 4 is 11.9 Å². The average molecular weight is 421 g/mol. The summed E-state index contributed by atoms with van der Waals surface area (Å²) < 4.78 is 21.5. The lowest BCUT2D eigenvalue weighted by atomic mass is 10.1. The lowest BCUT2D eigenvalue weighted by Crippen LogP contribution is -2.13. The van der Waals surface area contributed by atoms with Gasteiger partial charge in [0.05, 0.1) is 27.9 Å². The van der Waals surface area contributed by atoms with Gasteiger partial charge in [0.15, 0.2) is 11.5 Å². The Kier molecular flexibility index (Phi) is 10.6. The molecule has 0 radical (unpaired) electrons. The van der Waals surface area contributed by atoms with Crippen LogP contribution in [0.1, 0.15) is 18.1 Å². The van der Waals surface area contributed by atoms with Crippen LogP contribution in [0.15, 0.2) is 36.4 Å². The van der Waals surface area contributed by atoms with E-state index < -0.39 is 11.9 Å². The Labute approximate surface area is 175 Å². The molecule has 0 heterocycles. The molecule has 0 saturated heterocycles. The molecule has 30 heavy (non-hydrogen) atoms. The average Bonchev–Trinajstić information content (AvgIpc) is 2.74. The van der Waals surface area contributed by atoms with Crippen LogP contribution >= 0.6 is 0 Å². The van der Waals surface area contributed by atoms with Gasteiger partial charge in [-0.3, -0.25) is 0 Å². The van der Waals surface area contributed by atoms with E-state index in [1.165, 1.54) is 0 Å². The summed E-state index contributed by atoms with van der Waals surface area (Å²) in [6, 6.07) is 11.8. The number of hydrogen-bond donors (Lipinski definition) is 3. The molecular formula is C21H27NO8. The molecule has 0 aliphatic rings. The number of carboxylic acids is 2. The van der Waals surface area contributed by atoms with Crippen molar-refractivity contribution in [3.05, 3.63) is 47.5 Å². The van der Waals surface area contributed by atoms with Crippen molar-refractivity contribution in [2.75, 3.05) is 27.9 Å². The molecule has 0 aliphatic carbocycles. The molecule has 0 unspecified atom stereocenters. The smallest absolute Gasteiger partial charge is 0.414 e. The van der Waals surface area contributed by atoms with Crippen LogP contribution in [0.4, 0.5) is 0 Å². The zero-order valence-corrected chi connectivity index (χ0v) is 17.4. The van der Waals surface area contributed by atoms with E-state index in [9.17, 15) is 0 Å². The van der Waals surface area contributed by atoms with Crippen LogP contribution in [0.2, 0.25) is 0 Å². The summed E-state index contributed by atoms with van der Waals surface area (Å²) in [7, 11) is 4.95. The third-order valence-electron chi connectivity index (χ3n) is 3.78. The Hall–Kier alpha value is -3.46. The largest absolute Gasteiger partial charge is 0.497 e. The fraction of sp³-hybridized carbons (Fsp3) is 0.333. The first-order valence-corrected chi connectivity index (χ1v) is 9.03. The SMILES string of the molecule is CCOc1cc(CNCc2cc(OC)cc(OC)c2)ccc1OC.O=C(O)C(=O)O. The van der Waals surface area contributed by atoms with Gasteiger partial charge in [0, 0.05) is 19.2 Å². The Balaban J connectivity index is 0.000000656. The number of hydrogen-bond acceptors (Lipinski definition) is 7. The Morgan fingerprint density at radius 3 is 1.83 bits per heavy atom. The van der Waals surface area contributed by atoms with E-state index in [-0.39, 0.29) is 0 Å². The second-order valence-corrected chi connectivity index (χ2v) is 5.85.